The van der Waals surface area contributed by atoms with Crippen molar-refractivity contribution in [3.05, 3.63) is 212 Å². The van der Waals surface area contributed by atoms with E-state index in [-0.39, 0.29) is 0 Å². The number of aryl methyl sites for hydroxylation is 1. The van der Waals surface area contributed by atoms with E-state index in [1.807, 2.05) is 17.5 Å². The smallest absolute Gasteiger partial charge is 0.144 e. The van der Waals surface area contributed by atoms with Gasteiger partial charge < -0.3 is 13.7 Å². The van der Waals surface area contributed by atoms with Crippen LogP contribution in [-0.4, -0.2) is 23.3 Å². The van der Waals surface area contributed by atoms with Crippen molar-refractivity contribution in [2.75, 3.05) is 0 Å². The fourth-order valence-corrected chi connectivity index (χ4v) is 11.6. The summed E-state index contributed by atoms with van der Waals surface area (Å²) in [6.07, 6.45) is 3.96. The molecular formula is C58H37N5S. The molecule has 14 aromatic rings. The molecule has 6 heteroatoms. The number of fused-ring (bicyclic) bond motifs is 12. The second-order valence-electron chi connectivity index (χ2n) is 16.9. The molecule has 5 nitrogen and oxygen atoms in total. The van der Waals surface area contributed by atoms with Crippen molar-refractivity contribution in [1.29, 1.82) is 0 Å². The van der Waals surface area contributed by atoms with Crippen molar-refractivity contribution >= 4 is 96.9 Å². The fraction of sp³-hybridized carbons (Fsp3) is 0.0172. The van der Waals surface area contributed by atoms with Gasteiger partial charge in [0.05, 0.1) is 33.1 Å². The van der Waals surface area contributed by atoms with Crippen molar-refractivity contribution < 1.29 is 0 Å². The summed E-state index contributed by atoms with van der Waals surface area (Å²) >= 11 is 1.85. The van der Waals surface area contributed by atoms with Crippen molar-refractivity contribution in [3.63, 3.8) is 0 Å². The zero-order chi connectivity index (χ0) is 42.0. The van der Waals surface area contributed by atoms with Crippen molar-refractivity contribution in [2.45, 2.75) is 6.92 Å². The standard InChI is InChI=1S/C58H37N5S/c1-36-12-2-7-17-49(36)60-31-30-59-58(60)37-22-28-56-47(32-37)48-35-40(25-29-57(48)64-56)63-54-26-23-38(61-50-18-8-3-13-41(50)42-14-4-9-19-51(42)61)33-45(54)46-34-39(24-27-55(46)63)62-52-20-10-5-15-43(52)44-16-6-11-21-53(44)62/h2-35H,1H3. The number of para-hydroxylation sites is 5. The predicted molar refractivity (Wildman–Crippen MR) is 270 cm³/mol. The summed E-state index contributed by atoms with van der Waals surface area (Å²) in [7, 11) is 0. The van der Waals surface area contributed by atoms with E-state index in [1.54, 1.807) is 0 Å². The highest BCUT2D eigenvalue weighted by Gasteiger charge is 2.20. The van der Waals surface area contributed by atoms with Gasteiger partial charge in [0.15, 0.2) is 0 Å². The van der Waals surface area contributed by atoms with Gasteiger partial charge in [0.25, 0.3) is 0 Å². The molecule has 0 amide bonds. The van der Waals surface area contributed by atoms with Crippen LogP contribution in [-0.2, 0) is 0 Å². The maximum absolute atomic E-state index is 4.88. The van der Waals surface area contributed by atoms with E-state index in [9.17, 15) is 0 Å². The van der Waals surface area contributed by atoms with E-state index in [2.05, 4.69) is 226 Å². The Morgan fingerprint density at radius 3 is 1.33 bits per heavy atom. The third kappa shape index (κ3) is 5.03. The number of nitrogens with zero attached hydrogens (tertiary/aromatic N) is 5. The van der Waals surface area contributed by atoms with Gasteiger partial charge in [-0.2, -0.15) is 0 Å². The molecule has 300 valence electrons. The maximum Gasteiger partial charge on any atom is 0.144 e. The van der Waals surface area contributed by atoms with Crippen molar-refractivity contribution in [3.8, 4) is 34.1 Å². The van der Waals surface area contributed by atoms with Crippen LogP contribution < -0.4 is 0 Å². The molecule has 5 aromatic heterocycles. The number of thiophene rings is 1. The van der Waals surface area contributed by atoms with Gasteiger partial charge in [0.2, 0.25) is 0 Å². The lowest BCUT2D eigenvalue weighted by Crippen LogP contribution is -1.98. The second kappa shape index (κ2) is 13.4. The highest BCUT2D eigenvalue weighted by molar-refractivity contribution is 7.25. The van der Waals surface area contributed by atoms with Crippen LogP contribution in [0.5, 0.6) is 0 Å². The first-order valence-corrected chi connectivity index (χ1v) is 22.6. The molecule has 0 aliphatic heterocycles. The molecule has 0 unspecified atom stereocenters. The quantitative estimate of drug-likeness (QED) is 0.170. The van der Waals surface area contributed by atoms with E-state index in [0.29, 0.717) is 0 Å². The normalized spacial score (nSPS) is 12.1. The van der Waals surface area contributed by atoms with Crippen LogP contribution in [0.2, 0.25) is 0 Å². The molecule has 0 N–H and O–H groups in total. The number of benzene rings is 9. The van der Waals surface area contributed by atoms with Gasteiger partial charge in [-0.1, -0.05) is 91.0 Å². The molecule has 64 heavy (non-hydrogen) atoms. The molecule has 0 spiro atoms. The first-order chi connectivity index (χ1) is 31.7. The van der Waals surface area contributed by atoms with Gasteiger partial charge >= 0.3 is 0 Å². The fourth-order valence-electron chi connectivity index (χ4n) is 10.5. The Kier molecular flexibility index (Phi) is 7.42. The zero-order valence-electron chi connectivity index (χ0n) is 34.8. The Labute approximate surface area is 371 Å². The minimum Gasteiger partial charge on any atom is -0.309 e. The van der Waals surface area contributed by atoms with Gasteiger partial charge in [0, 0.05) is 93.2 Å². The molecule has 9 aromatic carbocycles. The van der Waals surface area contributed by atoms with Crippen LogP contribution >= 0.6 is 11.3 Å². The van der Waals surface area contributed by atoms with Gasteiger partial charge in [-0.15, -0.1) is 11.3 Å². The molecule has 5 heterocycles. The Balaban J connectivity index is 1.01. The van der Waals surface area contributed by atoms with E-state index < -0.39 is 0 Å². The first kappa shape index (κ1) is 35.4. The predicted octanol–water partition coefficient (Wildman–Crippen LogP) is 15.5. The highest BCUT2D eigenvalue weighted by atomic mass is 32.1. The Morgan fingerprint density at radius 2 is 0.797 bits per heavy atom. The van der Waals surface area contributed by atoms with Crippen LogP contribution in [0.1, 0.15) is 5.56 Å². The molecule has 0 fully saturated rings. The summed E-state index contributed by atoms with van der Waals surface area (Å²) in [6.45, 7) is 2.15. The largest absolute Gasteiger partial charge is 0.309 e. The van der Waals surface area contributed by atoms with Crippen LogP contribution in [0.25, 0.3) is 120 Å². The molecule has 14 rings (SSSR count). The van der Waals surface area contributed by atoms with E-state index >= 15 is 0 Å². The summed E-state index contributed by atoms with van der Waals surface area (Å²) in [6, 6.07) is 71.4. The van der Waals surface area contributed by atoms with E-state index in [4.69, 9.17) is 4.98 Å². The van der Waals surface area contributed by atoms with E-state index in [0.717, 1.165) is 34.1 Å². The molecule has 0 bridgehead atoms. The molecule has 0 atom stereocenters. The SMILES string of the molecule is Cc1ccccc1-n1ccnc1-c1ccc2sc3ccc(-n4c5ccc(-n6c7ccccc7c7ccccc76)cc5c5cc(-n6c7ccccc7c7ccccc76)ccc54)cc3c2c1. The number of aromatic nitrogens is 5. The van der Waals surface area contributed by atoms with Gasteiger partial charge in [0.1, 0.15) is 5.82 Å². The lowest BCUT2D eigenvalue weighted by Gasteiger charge is -2.11. The number of rotatable bonds is 5. The number of hydrogen-bond acceptors (Lipinski definition) is 2. The van der Waals surface area contributed by atoms with Crippen LogP contribution in [0.3, 0.4) is 0 Å². The minimum atomic E-state index is 0.937. The summed E-state index contributed by atoms with van der Waals surface area (Å²) in [5.74, 6) is 0.937. The van der Waals surface area contributed by atoms with Gasteiger partial charge in [-0.3, -0.25) is 4.57 Å². The summed E-state index contributed by atoms with van der Waals surface area (Å²) in [5.41, 5.74) is 14.0. The lowest BCUT2D eigenvalue weighted by atomic mass is 10.1. The molecule has 0 aliphatic carbocycles. The van der Waals surface area contributed by atoms with Crippen LogP contribution in [0, 0.1) is 6.92 Å². The molecule has 0 saturated carbocycles. The lowest BCUT2D eigenvalue weighted by molar-refractivity contribution is 1.05. The van der Waals surface area contributed by atoms with E-state index in [1.165, 1.54) is 91.2 Å². The average Bonchev–Trinajstić information content (AvgIpc) is 4.17. The maximum atomic E-state index is 4.88. The monoisotopic (exact) mass is 835 g/mol. The number of hydrogen-bond donors (Lipinski definition) is 0. The third-order valence-corrected chi connectivity index (χ3v) is 14.5. The van der Waals surface area contributed by atoms with Gasteiger partial charge in [-0.05, 0) is 116 Å². The highest BCUT2D eigenvalue weighted by Crippen LogP contribution is 2.42. The average molecular weight is 836 g/mol. The molecule has 0 radical (unpaired) electrons. The topological polar surface area (TPSA) is 32.6 Å². The molecule has 0 aliphatic rings. The Morgan fingerprint density at radius 1 is 0.375 bits per heavy atom. The number of imidazole rings is 1. The molecular weight excluding hydrogens is 799 g/mol. The third-order valence-electron chi connectivity index (χ3n) is 13.4. The van der Waals surface area contributed by atoms with Gasteiger partial charge in [-0.25, -0.2) is 4.98 Å². The Hall–Kier alpha value is -8.19. The first-order valence-electron chi connectivity index (χ1n) is 21.8. The Bertz CT molecular complexity index is 3950. The van der Waals surface area contributed by atoms with Crippen LogP contribution in [0.15, 0.2) is 207 Å². The summed E-state index contributed by atoms with van der Waals surface area (Å²) < 4.78 is 12.1. The second-order valence-corrected chi connectivity index (χ2v) is 18.0. The summed E-state index contributed by atoms with van der Waals surface area (Å²) in [4.78, 5) is 4.88. The van der Waals surface area contributed by atoms with Crippen molar-refractivity contribution in [2.24, 2.45) is 0 Å². The van der Waals surface area contributed by atoms with Crippen molar-refractivity contribution in [1.82, 2.24) is 23.3 Å². The zero-order valence-corrected chi connectivity index (χ0v) is 35.6. The minimum absolute atomic E-state index is 0.937. The summed E-state index contributed by atoms with van der Waals surface area (Å²) in [5, 5.41) is 9.92. The molecule has 0 saturated heterocycles. The van der Waals surface area contributed by atoms with Crippen LogP contribution in [0.4, 0.5) is 0 Å².